The molecule has 2 aliphatic heterocycles. The number of carbonyl (C=O) groups is 3. The first-order chi connectivity index (χ1) is 10.8. The molecule has 2 heterocycles. The Labute approximate surface area is 148 Å². The van der Waals surface area contributed by atoms with Crippen molar-refractivity contribution in [2.45, 2.75) is 45.1 Å². The van der Waals surface area contributed by atoms with Crippen LogP contribution in [0.3, 0.4) is 0 Å². The summed E-state index contributed by atoms with van der Waals surface area (Å²) in [5.74, 6) is -0.614. The standard InChI is InChI=1S/C16H25N3O4.ClH/c1-15(2)12(20)19(14(23)17-15)8-4-7-18-9-11-5-3-6-16(11,10-18)13(21)22;/h11H,3-10H2,1-2H3,(H,17,23)(H,21,22);1H/t11-,16+;/m0./s1. The molecule has 7 nitrogen and oxygen atoms in total. The van der Waals surface area contributed by atoms with Crippen LogP contribution >= 0.6 is 12.4 Å². The number of nitrogens with zero attached hydrogens (tertiary/aromatic N) is 2. The monoisotopic (exact) mass is 359 g/mol. The van der Waals surface area contributed by atoms with Crippen LogP contribution in [-0.4, -0.2) is 64.5 Å². The number of amides is 3. The second-order valence-corrected chi connectivity index (χ2v) is 7.65. The van der Waals surface area contributed by atoms with E-state index in [2.05, 4.69) is 10.2 Å². The van der Waals surface area contributed by atoms with E-state index in [1.807, 2.05) is 0 Å². The highest BCUT2D eigenvalue weighted by Crippen LogP contribution is 2.48. The Hall–Kier alpha value is -1.34. The molecule has 3 aliphatic rings. The molecule has 0 aromatic carbocycles. The maximum atomic E-state index is 12.1. The van der Waals surface area contributed by atoms with Gasteiger partial charge in [0.2, 0.25) is 0 Å². The van der Waals surface area contributed by atoms with Gasteiger partial charge in [-0.15, -0.1) is 12.4 Å². The topological polar surface area (TPSA) is 90.0 Å². The molecule has 2 atom stereocenters. The molecule has 1 saturated carbocycles. The molecule has 3 rings (SSSR count). The lowest BCUT2D eigenvalue weighted by Gasteiger charge is -2.23. The first-order valence-electron chi connectivity index (χ1n) is 8.36. The van der Waals surface area contributed by atoms with Gasteiger partial charge in [-0.3, -0.25) is 14.5 Å². The van der Waals surface area contributed by atoms with Crippen molar-refractivity contribution >= 4 is 30.3 Å². The van der Waals surface area contributed by atoms with Gasteiger partial charge >= 0.3 is 12.0 Å². The van der Waals surface area contributed by atoms with Crippen LogP contribution in [0.5, 0.6) is 0 Å². The number of halogens is 1. The lowest BCUT2D eigenvalue weighted by molar-refractivity contribution is -0.149. The molecule has 0 bridgehead atoms. The lowest BCUT2D eigenvalue weighted by atomic mass is 9.81. The van der Waals surface area contributed by atoms with Gasteiger partial charge in [-0.2, -0.15) is 0 Å². The van der Waals surface area contributed by atoms with Crippen molar-refractivity contribution < 1.29 is 19.5 Å². The Morgan fingerprint density at radius 3 is 2.58 bits per heavy atom. The van der Waals surface area contributed by atoms with Crippen LogP contribution in [0, 0.1) is 11.3 Å². The number of hydrogen-bond donors (Lipinski definition) is 2. The van der Waals surface area contributed by atoms with Gasteiger partial charge in [-0.05, 0) is 45.6 Å². The number of likely N-dealkylation sites (tertiary alicyclic amines) is 1. The average molecular weight is 360 g/mol. The largest absolute Gasteiger partial charge is 0.481 e. The van der Waals surface area contributed by atoms with Crippen LogP contribution in [0.2, 0.25) is 0 Å². The molecule has 0 aromatic heterocycles. The Morgan fingerprint density at radius 2 is 2.04 bits per heavy atom. The molecule has 0 aromatic rings. The van der Waals surface area contributed by atoms with E-state index in [9.17, 15) is 19.5 Å². The molecule has 0 radical (unpaired) electrons. The van der Waals surface area contributed by atoms with Crippen LogP contribution in [0.1, 0.15) is 39.5 Å². The van der Waals surface area contributed by atoms with E-state index in [0.717, 1.165) is 32.4 Å². The zero-order valence-electron chi connectivity index (χ0n) is 14.2. The minimum atomic E-state index is -0.824. The van der Waals surface area contributed by atoms with Crippen LogP contribution in [0.15, 0.2) is 0 Å². The molecule has 1 aliphatic carbocycles. The SMILES string of the molecule is CC1(C)NC(=O)N(CCCN2C[C@@H]3CCC[C@@]3(C(=O)O)C2)C1=O.Cl. The van der Waals surface area contributed by atoms with Gasteiger partial charge in [0.05, 0.1) is 5.41 Å². The summed E-state index contributed by atoms with van der Waals surface area (Å²) in [6.07, 6.45) is 3.44. The van der Waals surface area contributed by atoms with Crippen molar-refractivity contribution in [1.82, 2.24) is 15.1 Å². The third-order valence-electron chi connectivity index (χ3n) is 5.67. The van der Waals surface area contributed by atoms with Crippen LogP contribution in [-0.2, 0) is 9.59 Å². The Bertz CT molecular complexity index is 553. The van der Waals surface area contributed by atoms with Gasteiger partial charge in [0.1, 0.15) is 5.54 Å². The number of fused-ring (bicyclic) bond motifs is 1. The average Bonchev–Trinajstić information content (AvgIpc) is 3.04. The van der Waals surface area contributed by atoms with Crippen molar-refractivity contribution in [1.29, 1.82) is 0 Å². The summed E-state index contributed by atoms with van der Waals surface area (Å²) < 4.78 is 0. The van der Waals surface area contributed by atoms with E-state index >= 15 is 0 Å². The first-order valence-corrected chi connectivity index (χ1v) is 8.36. The summed E-state index contributed by atoms with van der Waals surface area (Å²) in [6.45, 7) is 5.92. The predicted octanol–water partition coefficient (Wildman–Crippen LogP) is 1.32. The van der Waals surface area contributed by atoms with Crippen molar-refractivity contribution in [3.63, 3.8) is 0 Å². The predicted molar refractivity (Wildman–Crippen MR) is 90.0 cm³/mol. The molecule has 8 heteroatoms. The molecule has 2 saturated heterocycles. The summed E-state index contributed by atoms with van der Waals surface area (Å²) >= 11 is 0. The number of carboxylic acid groups (broad SMARTS) is 1. The van der Waals surface area contributed by atoms with Gasteiger partial charge in [0.25, 0.3) is 5.91 Å². The fourth-order valence-corrected chi connectivity index (χ4v) is 4.39. The normalized spacial score (nSPS) is 31.8. The Morgan fingerprint density at radius 1 is 1.33 bits per heavy atom. The molecule has 0 spiro atoms. The summed E-state index contributed by atoms with van der Waals surface area (Å²) in [5, 5.41) is 12.3. The summed E-state index contributed by atoms with van der Waals surface area (Å²) in [4.78, 5) is 39.1. The number of carboxylic acids is 1. The Balaban J connectivity index is 0.00000208. The highest BCUT2D eigenvalue weighted by molar-refractivity contribution is 6.06. The van der Waals surface area contributed by atoms with Gasteiger partial charge < -0.3 is 15.3 Å². The van der Waals surface area contributed by atoms with E-state index in [0.29, 0.717) is 19.5 Å². The smallest absolute Gasteiger partial charge is 0.325 e. The number of urea groups is 1. The molecule has 3 fully saturated rings. The van der Waals surface area contributed by atoms with Crippen molar-refractivity contribution in [2.75, 3.05) is 26.2 Å². The molecule has 0 unspecified atom stereocenters. The van der Waals surface area contributed by atoms with Crippen molar-refractivity contribution in [3.8, 4) is 0 Å². The van der Waals surface area contributed by atoms with E-state index in [4.69, 9.17) is 0 Å². The zero-order chi connectivity index (χ0) is 16.8. The van der Waals surface area contributed by atoms with E-state index in [1.165, 1.54) is 4.90 Å². The molecular formula is C16H26ClN3O4. The number of imide groups is 1. The third kappa shape index (κ3) is 2.99. The number of aliphatic carboxylic acids is 1. The second kappa shape index (κ2) is 6.52. The first kappa shape index (κ1) is 19.0. The molecule has 2 N–H and O–H groups in total. The number of hydrogen-bond acceptors (Lipinski definition) is 4. The third-order valence-corrected chi connectivity index (χ3v) is 5.67. The quantitative estimate of drug-likeness (QED) is 0.722. The van der Waals surface area contributed by atoms with Gasteiger partial charge in [0.15, 0.2) is 0 Å². The van der Waals surface area contributed by atoms with Crippen LogP contribution in [0.25, 0.3) is 0 Å². The number of carbonyl (C=O) groups excluding carboxylic acids is 2. The molecular weight excluding hydrogens is 334 g/mol. The van der Waals surface area contributed by atoms with Crippen LogP contribution in [0.4, 0.5) is 4.79 Å². The summed E-state index contributed by atoms with van der Waals surface area (Å²) in [7, 11) is 0. The molecule has 24 heavy (non-hydrogen) atoms. The van der Waals surface area contributed by atoms with Gasteiger partial charge in [0, 0.05) is 19.6 Å². The minimum absolute atomic E-state index is 0. The van der Waals surface area contributed by atoms with Crippen LogP contribution < -0.4 is 5.32 Å². The Kier molecular flexibility index (Phi) is 5.16. The van der Waals surface area contributed by atoms with Crippen molar-refractivity contribution in [2.24, 2.45) is 11.3 Å². The van der Waals surface area contributed by atoms with Crippen molar-refractivity contribution in [3.05, 3.63) is 0 Å². The maximum absolute atomic E-state index is 12.1. The summed E-state index contributed by atoms with van der Waals surface area (Å²) in [5.41, 5.74) is -1.39. The van der Waals surface area contributed by atoms with E-state index in [-0.39, 0.29) is 30.3 Å². The maximum Gasteiger partial charge on any atom is 0.325 e. The molecule has 3 amide bonds. The minimum Gasteiger partial charge on any atom is -0.481 e. The molecule has 136 valence electrons. The van der Waals surface area contributed by atoms with Gasteiger partial charge in [-0.25, -0.2) is 4.79 Å². The number of rotatable bonds is 5. The lowest BCUT2D eigenvalue weighted by Crippen LogP contribution is -2.40. The fraction of sp³-hybridized carbons (Fsp3) is 0.812. The summed E-state index contributed by atoms with van der Waals surface area (Å²) in [6, 6.07) is -0.333. The van der Waals surface area contributed by atoms with E-state index < -0.39 is 16.9 Å². The zero-order valence-corrected chi connectivity index (χ0v) is 15.0. The highest BCUT2D eigenvalue weighted by atomic mass is 35.5. The number of nitrogens with one attached hydrogen (secondary N) is 1. The second-order valence-electron chi connectivity index (χ2n) is 7.65. The van der Waals surface area contributed by atoms with E-state index in [1.54, 1.807) is 13.8 Å². The fourth-order valence-electron chi connectivity index (χ4n) is 4.39. The van der Waals surface area contributed by atoms with Gasteiger partial charge in [-0.1, -0.05) is 6.42 Å². The highest BCUT2D eigenvalue weighted by Gasteiger charge is 2.54.